The molecule has 0 saturated heterocycles. The number of carbonyl (C=O) groups excluding carboxylic acids is 1. The van der Waals surface area contributed by atoms with E-state index in [9.17, 15) is 4.79 Å². The fraction of sp³-hybridized carbons (Fsp3) is 0.308. The molecule has 0 N–H and O–H groups in total. The average Bonchev–Trinajstić information content (AvgIpc) is 2.62. The van der Waals surface area contributed by atoms with E-state index in [0.29, 0.717) is 0 Å². The first-order valence-electron chi connectivity index (χ1n) is 5.24. The molecule has 2 nitrogen and oxygen atoms in total. The van der Waals surface area contributed by atoms with Crippen LogP contribution in [0.4, 0.5) is 0 Å². The van der Waals surface area contributed by atoms with Crippen LogP contribution in [-0.4, -0.2) is 5.78 Å². The lowest BCUT2D eigenvalue weighted by atomic mass is 10.0. The number of rotatable bonds is 3. The Kier molecular flexibility index (Phi) is 2.58. The van der Waals surface area contributed by atoms with Crippen molar-refractivity contribution in [3.63, 3.8) is 0 Å². The van der Waals surface area contributed by atoms with Crippen molar-refractivity contribution in [3.05, 3.63) is 35.6 Å². The second kappa shape index (κ2) is 3.89. The molecule has 0 spiro atoms. The van der Waals surface area contributed by atoms with Crippen LogP contribution < -0.4 is 0 Å². The van der Waals surface area contributed by atoms with Gasteiger partial charge in [-0.15, -0.1) is 0 Å². The van der Waals surface area contributed by atoms with E-state index < -0.39 is 0 Å². The van der Waals surface area contributed by atoms with Gasteiger partial charge in [0.1, 0.15) is 5.58 Å². The van der Waals surface area contributed by atoms with E-state index in [4.69, 9.17) is 4.42 Å². The number of Topliss-reactive ketones (excluding diaryl/α,β-unsaturated/α-hetero) is 1. The number of carbonyl (C=O) groups is 1. The fourth-order valence-corrected chi connectivity index (χ4v) is 1.90. The zero-order chi connectivity index (χ0) is 10.8. The Bertz CT molecular complexity index is 494. The van der Waals surface area contributed by atoms with Crippen LogP contribution in [-0.2, 0) is 6.42 Å². The van der Waals surface area contributed by atoms with Gasteiger partial charge < -0.3 is 4.42 Å². The Morgan fingerprint density at radius 3 is 2.87 bits per heavy atom. The molecule has 1 aromatic carbocycles. The van der Waals surface area contributed by atoms with Gasteiger partial charge >= 0.3 is 0 Å². The third kappa shape index (κ3) is 1.67. The molecule has 0 aliphatic rings. The third-order valence-corrected chi connectivity index (χ3v) is 2.57. The molecule has 2 heteroatoms. The van der Waals surface area contributed by atoms with Crippen LogP contribution in [0.1, 0.15) is 36.2 Å². The van der Waals surface area contributed by atoms with Crippen molar-refractivity contribution in [1.82, 2.24) is 0 Å². The minimum absolute atomic E-state index is 0.0966. The van der Waals surface area contributed by atoms with Crippen molar-refractivity contribution in [1.29, 1.82) is 0 Å². The summed E-state index contributed by atoms with van der Waals surface area (Å²) in [6.07, 6.45) is 3.78. The Hall–Kier alpha value is -1.57. The number of hydrogen-bond donors (Lipinski definition) is 0. The Balaban J connectivity index is 2.69. The monoisotopic (exact) mass is 202 g/mol. The van der Waals surface area contributed by atoms with Crippen LogP contribution in [0.5, 0.6) is 0 Å². The second-order valence-electron chi connectivity index (χ2n) is 3.75. The van der Waals surface area contributed by atoms with Gasteiger partial charge in [-0.3, -0.25) is 4.79 Å². The first-order chi connectivity index (χ1) is 7.24. The smallest absolute Gasteiger partial charge is 0.160 e. The molecule has 1 aromatic heterocycles. The van der Waals surface area contributed by atoms with E-state index in [1.54, 1.807) is 13.2 Å². The SMILES string of the molecule is CCCc1coc2cccc(C(C)=O)c12. The number of furan rings is 1. The quantitative estimate of drug-likeness (QED) is 0.712. The van der Waals surface area contributed by atoms with Gasteiger partial charge in [0.25, 0.3) is 0 Å². The second-order valence-corrected chi connectivity index (χ2v) is 3.75. The predicted molar refractivity (Wildman–Crippen MR) is 60.2 cm³/mol. The Morgan fingerprint density at radius 1 is 1.40 bits per heavy atom. The predicted octanol–water partition coefficient (Wildman–Crippen LogP) is 3.59. The van der Waals surface area contributed by atoms with Gasteiger partial charge in [0.05, 0.1) is 6.26 Å². The highest BCUT2D eigenvalue weighted by atomic mass is 16.3. The summed E-state index contributed by atoms with van der Waals surface area (Å²) in [6.45, 7) is 3.71. The van der Waals surface area contributed by atoms with Gasteiger partial charge in [0, 0.05) is 10.9 Å². The molecule has 78 valence electrons. The van der Waals surface area contributed by atoms with E-state index >= 15 is 0 Å². The molecule has 0 atom stereocenters. The van der Waals surface area contributed by atoms with Crippen molar-refractivity contribution in [2.24, 2.45) is 0 Å². The molecule has 0 saturated carbocycles. The van der Waals surface area contributed by atoms with E-state index in [1.165, 1.54) is 0 Å². The van der Waals surface area contributed by atoms with Crippen molar-refractivity contribution in [2.45, 2.75) is 26.7 Å². The lowest BCUT2D eigenvalue weighted by Gasteiger charge is -2.00. The molecule has 0 unspecified atom stereocenters. The van der Waals surface area contributed by atoms with Gasteiger partial charge in [-0.05, 0) is 25.0 Å². The molecule has 0 bridgehead atoms. The number of benzene rings is 1. The summed E-state index contributed by atoms with van der Waals surface area (Å²) in [7, 11) is 0. The summed E-state index contributed by atoms with van der Waals surface area (Å²) >= 11 is 0. The number of aryl methyl sites for hydroxylation is 1. The summed E-state index contributed by atoms with van der Waals surface area (Å²) in [5.74, 6) is 0.0966. The summed E-state index contributed by atoms with van der Waals surface area (Å²) < 4.78 is 5.44. The third-order valence-electron chi connectivity index (χ3n) is 2.57. The lowest BCUT2D eigenvalue weighted by Crippen LogP contribution is -1.94. The molecule has 0 aliphatic heterocycles. The topological polar surface area (TPSA) is 30.2 Å². The minimum atomic E-state index is 0.0966. The molecule has 0 amide bonds. The normalized spacial score (nSPS) is 10.8. The van der Waals surface area contributed by atoms with E-state index in [2.05, 4.69) is 6.92 Å². The van der Waals surface area contributed by atoms with Crippen molar-refractivity contribution in [3.8, 4) is 0 Å². The molecule has 2 aromatic rings. The first kappa shape index (κ1) is 9.97. The van der Waals surface area contributed by atoms with E-state index in [0.717, 1.165) is 34.9 Å². The summed E-state index contributed by atoms with van der Waals surface area (Å²) in [4.78, 5) is 11.5. The highest BCUT2D eigenvalue weighted by Gasteiger charge is 2.12. The molecule has 0 radical (unpaired) electrons. The highest BCUT2D eigenvalue weighted by Crippen LogP contribution is 2.26. The first-order valence-corrected chi connectivity index (χ1v) is 5.24. The maximum absolute atomic E-state index is 11.5. The minimum Gasteiger partial charge on any atom is -0.464 e. The Labute approximate surface area is 88.9 Å². The largest absolute Gasteiger partial charge is 0.464 e. The van der Waals surface area contributed by atoms with Crippen molar-refractivity contribution >= 4 is 16.8 Å². The zero-order valence-corrected chi connectivity index (χ0v) is 9.04. The van der Waals surface area contributed by atoms with Crippen LogP contribution in [0.2, 0.25) is 0 Å². The number of ketones is 1. The van der Waals surface area contributed by atoms with Crippen LogP contribution in [0.3, 0.4) is 0 Å². The molecule has 0 aliphatic carbocycles. The highest BCUT2D eigenvalue weighted by molar-refractivity contribution is 6.07. The fourth-order valence-electron chi connectivity index (χ4n) is 1.90. The molecule has 15 heavy (non-hydrogen) atoms. The number of fused-ring (bicyclic) bond motifs is 1. The van der Waals surface area contributed by atoms with Crippen LogP contribution >= 0.6 is 0 Å². The molecule has 0 fully saturated rings. The van der Waals surface area contributed by atoms with Crippen LogP contribution in [0, 0.1) is 0 Å². The molecular weight excluding hydrogens is 188 g/mol. The lowest BCUT2D eigenvalue weighted by molar-refractivity contribution is 0.101. The van der Waals surface area contributed by atoms with E-state index in [-0.39, 0.29) is 5.78 Å². The Morgan fingerprint density at radius 2 is 2.20 bits per heavy atom. The zero-order valence-electron chi connectivity index (χ0n) is 9.04. The summed E-state index contributed by atoms with van der Waals surface area (Å²) in [6, 6.07) is 5.62. The molecule has 2 rings (SSSR count). The van der Waals surface area contributed by atoms with Crippen LogP contribution in [0.15, 0.2) is 28.9 Å². The van der Waals surface area contributed by atoms with Gasteiger partial charge in [0.2, 0.25) is 0 Å². The average molecular weight is 202 g/mol. The summed E-state index contributed by atoms with van der Waals surface area (Å²) in [5.41, 5.74) is 2.72. The van der Waals surface area contributed by atoms with Gasteiger partial charge in [-0.25, -0.2) is 0 Å². The maximum Gasteiger partial charge on any atom is 0.160 e. The van der Waals surface area contributed by atoms with Crippen molar-refractivity contribution < 1.29 is 9.21 Å². The van der Waals surface area contributed by atoms with Gasteiger partial charge in [0.15, 0.2) is 5.78 Å². The standard InChI is InChI=1S/C13H14O2/c1-3-5-10-8-15-12-7-4-6-11(9(2)14)13(10)12/h4,6-8H,3,5H2,1-2H3. The number of hydrogen-bond acceptors (Lipinski definition) is 2. The molecule has 1 heterocycles. The van der Waals surface area contributed by atoms with Crippen LogP contribution in [0.25, 0.3) is 11.0 Å². The van der Waals surface area contributed by atoms with Gasteiger partial charge in [-0.2, -0.15) is 0 Å². The summed E-state index contributed by atoms with van der Waals surface area (Å²) in [5, 5.41) is 0.992. The van der Waals surface area contributed by atoms with Crippen molar-refractivity contribution in [2.75, 3.05) is 0 Å². The van der Waals surface area contributed by atoms with E-state index in [1.807, 2.05) is 18.2 Å². The maximum atomic E-state index is 11.5. The molecular formula is C13H14O2. The van der Waals surface area contributed by atoms with Gasteiger partial charge in [-0.1, -0.05) is 25.5 Å².